The zero-order valence-electron chi connectivity index (χ0n) is 9.52. The second kappa shape index (κ2) is 5.55. The number of aromatic nitrogens is 2. The molecular formula is C10H9F3N4OS. The Kier molecular flexibility index (Phi) is 4.03. The lowest BCUT2D eigenvalue weighted by Crippen LogP contribution is -2.39. The lowest BCUT2D eigenvalue weighted by Gasteiger charge is -2.11. The van der Waals surface area contributed by atoms with Crippen LogP contribution < -0.4 is 5.32 Å². The van der Waals surface area contributed by atoms with E-state index in [-0.39, 0.29) is 6.54 Å². The van der Waals surface area contributed by atoms with E-state index in [2.05, 4.69) is 15.0 Å². The number of hydrogen-bond acceptors (Lipinski definition) is 5. The highest BCUT2D eigenvalue weighted by Crippen LogP contribution is 2.25. The molecule has 1 aliphatic rings. The van der Waals surface area contributed by atoms with Gasteiger partial charge in [0.2, 0.25) is 5.91 Å². The van der Waals surface area contributed by atoms with Crippen molar-refractivity contribution in [2.24, 2.45) is 4.99 Å². The normalized spacial score (nSPS) is 19.1. The minimum absolute atomic E-state index is 0.151. The highest BCUT2D eigenvalue weighted by atomic mass is 32.2. The zero-order valence-corrected chi connectivity index (χ0v) is 10.3. The second-order valence-corrected chi connectivity index (χ2v) is 4.90. The standard InChI is InChI=1S/C10H9F3N4OS/c11-10(12,13)4-17-8(18)7-3-16-9(19-7)6-1-14-5-15-2-6/h1-2,5,7H,3-4H2,(H,17,18). The topological polar surface area (TPSA) is 67.2 Å². The molecule has 1 unspecified atom stereocenters. The van der Waals surface area contributed by atoms with Gasteiger partial charge in [-0.05, 0) is 0 Å². The van der Waals surface area contributed by atoms with Crippen LogP contribution in [-0.2, 0) is 4.79 Å². The van der Waals surface area contributed by atoms with Crippen molar-refractivity contribution in [2.45, 2.75) is 11.4 Å². The predicted molar refractivity (Wildman–Crippen MR) is 63.9 cm³/mol. The largest absolute Gasteiger partial charge is 0.405 e. The van der Waals surface area contributed by atoms with Crippen LogP contribution in [0.5, 0.6) is 0 Å². The van der Waals surface area contributed by atoms with E-state index in [1.54, 1.807) is 0 Å². The summed E-state index contributed by atoms with van der Waals surface area (Å²) in [6.45, 7) is -1.18. The molecule has 102 valence electrons. The van der Waals surface area contributed by atoms with E-state index in [4.69, 9.17) is 0 Å². The van der Waals surface area contributed by atoms with Crippen LogP contribution in [0.3, 0.4) is 0 Å². The van der Waals surface area contributed by atoms with Gasteiger partial charge in [0.1, 0.15) is 23.2 Å². The molecule has 1 N–H and O–H groups in total. The molecule has 1 atom stereocenters. The molecule has 0 fully saturated rings. The molecule has 1 aromatic rings. The maximum atomic E-state index is 12.0. The average Bonchev–Trinajstić information content (AvgIpc) is 2.86. The van der Waals surface area contributed by atoms with Crippen LogP contribution >= 0.6 is 11.8 Å². The number of nitrogens with zero attached hydrogens (tertiary/aromatic N) is 3. The molecule has 0 radical (unpaired) electrons. The van der Waals surface area contributed by atoms with Crippen molar-refractivity contribution < 1.29 is 18.0 Å². The number of rotatable bonds is 3. The summed E-state index contributed by atoms with van der Waals surface area (Å²) >= 11 is 1.11. The van der Waals surface area contributed by atoms with Crippen LogP contribution in [0.15, 0.2) is 23.7 Å². The van der Waals surface area contributed by atoms with Gasteiger partial charge in [-0.1, -0.05) is 11.8 Å². The summed E-state index contributed by atoms with van der Waals surface area (Å²) in [7, 11) is 0. The number of amides is 1. The van der Waals surface area contributed by atoms with Gasteiger partial charge in [-0.3, -0.25) is 9.79 Å². The molecule has 9 heteroatoms. The van der Waals surface area contributed by atoms with Crippen LogP contribution in [0.25, 0.3) is 0 Å². The van der Waals surface area contributed by atoms with E-state index in [1.165, 1.54) is 18.7 Å². The highest BCUT2D eigenvalue weighted by molar-refractivity contribution is 8.15. The fourth-order valence-corrected chi connectivity index (χ4v) is 2.38. The van der Waals surface area contributed by atoms with E-state index in [0.717, 1.165) is 11.8 Å². The SMILES string of the molecule is O=C(NCC(F)(F)F)C1CN=C(c2cncnc2)S1. The molecule has 2 heterocycles. The van der Waals surface area contributed by atoms with E-state index in [0.29, 0.717) is 10.6 Å². The number of aliphatic imine (C=N–C) groups is 1. The fourth-order valence-electron chi connectivity index (χ4n) is 1.38. The first-order chi connectivity index (χ1) is 8.96. The van der Waals surface area contributed by atoms with Crippen LogP contribution in [0.4, 0.5) is 13.2 Å². The Morgan fingerprint density at radius 2 is 2.11 bits per heavy atom. The number of alkyl halides is 3. The maximum absolute atomic E-state index is 12.0. The van der Waals surface area contributed by atoms with Gasteiger partial charge in [-0.25, -0.2) is 9.97 Å². The zero-order chi connectivity index (χ0) is 13.9. The molecule has 5 nitrogen and oxygen atoms in total. The Morgan fingerprint density at radius 3 is 2.74 bits per heavy atom. The molecule has 0 aromatic carbocycles. The first-order valence-electron chi connectivity index (χ1n) is 5.26. The van der Waals surface area contributed by atoms with Crippen molar-refractivity contribution in [3.05, 3.63) is 24.3 Å². The lowest BCUT2D eigenvalue weighted by molar-refractivity contribution is -0.137. The maximum Gasteiger partial charge on any atom is 0.405 e. The van der Waals surface area contributed by atoms with Crippen molar-refractivity contribution in [1.82, 2.24) is 15.3 Å². The number of hydrogen-bond donors (Lipinski definition) is 1. The molecule has 0 saturated carbocycles. The molecule has 0 spiro atoms. The summed E-state index contributed by atoms with van der Waals surface area (Å²) in [4.78, 5) is 23.3. The van der Waals surface area contributed by atoms with Gasteiger partial charge in [0.15, 0.2) is 0 Å². The number of carbonyl (C=O) groups excluding carboxylic acids is 1. The van der Waals surface area contributed by atoms with E-state index >= 15 is 0 Å². The number of nitrogens with one attached hydrogen (secondary N) is 1. The Balaban J connectivity index is 1.89. The third kappa shape index (κ3) is 3.91. The summed E-state index contributed by atoms with van der Waals surface area (Å²) in [5.41, 5.74) is 0.652. The molecule has 1 amide bonds. The molecule has 0 bridgehead atoms. The Hall–Kier alpha value is -1.64. The van der Waals surface area contributed by atoms with Gasteiger partial charge in [-0.15, -0.1) is 0 Å². The van der Waals surface area contributed by atoms with Gasteiger partial charge in [0, 0.05) is 18.0 Å². The third-order valence-corrected chi connectivity index (χ3v) is 3.45. The van der Waals surface area contributed by atoms with E-state index < -0.39 is 23.9 Å². The summed E-state index contributed by atoms with van der Waals surface area (Å²) in [6.07, 6.45) is 0.0246. The van der Waals surface area contributed by atoms with Crippen molar-refractivity contribution in [2.75, 3.05) is 13.1 Å². The van der Waals surface area contributed by atoms with Crippen LogP contribution in [0.2, 0.25) is 0 Å². The molecule has 1 aromatic heterocycles. The van der Waals surface area contributed by atoms with Gasteiger partial charge < -0.3 is 5.32 Å². The molecule has 1 aliphatic heterocycles. The molecule has 19 heavy (non-hydrogen) atoms. The average molecular weight is 290 g/mol. The van der Waals surface area contributed by atoms with Crippen LogP contribution in [-0.4, -0.2) is 45.4 Å². The minimum Gasteiger partial charge on any atom is -0.346 e. The van der Waals surface area contributed by atoms with Gasteiger partial charge in [-0.2, -0.15) is 13.2 Å². The van der Waals surface area contributed by atoms with E-state index in [1.807, 2.05) is 5.32 Å². The molecule has 0 saturated heterocycles. The van der Waals surface area contributed by atoms with Crippen molar-refractivity contribution in [3.63, 3.8) is 0 Å². The van der Waals surface area contributed by atoms with Gasteiger partial charge >= 0.3 is 6.18 Å². The lowest BCUT2D eigenvalue weighted by atomic mass is 10.3. The summed E-state index contributed by atoms with van der Waals surface area (Å²) in [5.74, 6) is -0.669. The number of thioether (sulfide) groups is 1. The monoisotopic (exact) mass is 290 g/mol. The van der Waals surface area contributed by atoms with Gasteiger partial charge in [0.25, 0.3) is 0 Å². The van der Waals surface area contributed by atoms with Crippen molar-refractivity contribution in [1.29, 1.82) is 0 Å². The molecule has 0 aliphatic carbocycles. The molecule has 2 rings (SSSR count). The van der Waals surface area contributed by atoms with Crippen molar-refractivity contribution in [3.8, 4) is 0 Å². The second-order valence-electron chi connectivity index (χ2n) is 3.71. The first-order valence-corrected chi connectivity index (χ1v) is 6.14. The fraction of sp³-hybridized carbons (Fsp3) is 0.400. The predicted octanol–water partition coefficient (Wildman–Crippen LogP) is 1.02. The van der Waals surface area contributed by atoms with Crippen molar-refractivity contribution >= 4 is 22.7 Å². The number of carbonyl (C=O) groups is 1. The van der Waals surface area contributed by atoms with Crippen LogP contribution in [0, 0.1) is 0 Å². The highest BCUT2D eigenvalue weighted by Gasteiger charge is 2.32. The Morgan fingerprint density at radius 1 is 1.42 bits per heavy atom. The van der Waals surface area contributed by atoms with E-state index in [9.17, 15) is 18.0 Å². The minimum atomic E-state index is -4.41. The third-order valence-electron chi connectivity index (χ3n) is 2.22. The van der Waals surface area contributed by atoms with Crippen LogP contribution in [0.1, 0.15) is 5.56 Å². The summed E-state index contributed by atoms with van der Waals surface area (Å²) in [6, 6.07) is 0. The van der Waals surface area contributed by atoms with Gasteiger partial charge in [0.05, 0.1) is 6.54 Å². The molecular weight excluding hydrogens is 281 g/mol. The summed E-state index contributed by atoms with van der Waals surface area (Å²) < 4.78 is 35.9. The quantitative estimate of drug-likeness (QED) is 0.902. The summed E-state index contributed by atoms with van der Waals surface area (Å²) in [5, 5.41) is 1.77. The smallest absolute Gasteiger partial charge is 0.346 e. The Labute approximate surface area is 110 Å². The number of halogens is 3. The Bertz CT molecular complexity index is 491. The first kappa shape index (κ1) is 13.8.